The molecule has 25 heavy (non-hydrogen) atoms. The van der Waals surface area contributed by atoms with Crippen LogP contribution >= 0.6 is 11.6 Å². The van der Waals surface area contributed by atoms with E-state index in [9.17, 15) is 9.59 Å². The summed E-state index contributed by atoms with van der Waals surface area (Å²) in [5, 5.41) is 3.90. The molecular formula is C19H26ClN3O2. The summed E-state index contributed by atoms with van der Waals surface area (Å²) in [5.74, 6) is 0.489. The molecule has 0 unspecified atom stereocenters. The Morgan fingerprint density at radius 1 is 1.04 bits per heavy atom. The average molecular weight is 364 g/mol. The van der Waals surface area contributed by atoms with Crippen LogP contribution in [-0.4, -0.2) is 54.0 Å². The van der Waals surface area contributed by atoms with Crippen molar-refractivity contribution < 1.29 is 9.59 Å². The van der Waals surface area contributed by atoms with Crippen molar-refractivity contribution >= 4 is 23.5 Å². The number of likely N-dealkylation sites (tertiary alicyclic amines) is 2. The fraction of sp³-hybridized carbons (Fsp3) is 0.579. The van der Waals surface area contributed by atoms with E-state index in [0.717, 1.165) is 56.9 Å². The van der Waals surface area contributed by atoms with Crippen LogP contribution in [0.25, 0.3) is 0 Å². The summed E-state index contributed by atoms with van der Waals surface area (Å²) in [5.41, 5.74) is 1.25. The lowest BCUT2D eigenvalue weighted by molar-refractivity contribution is -0.129. The molecule has 2 heterocycles. The van der Waals surface area contributed by atoms with Gasteiger partial charge in [-0.3, -0.25) is 4.79 Å². The zero-order valence-corrected chi connectivity index (χ0v) is 15.5. The maximum Gasteiger partial charge on any atom is 0.317 e. The third-order valence-corrected chi connectivity index (χ3v) is 5.57. The Morgan fingerprint density at radius 3 is 2.36 bits per heavy atom. The summed E-state index contributed by atoms with van der Waals surface area (Å²) in [7, 11) is 0. The number of amides is 3. The van der Waals surface area contributed by atoms with Crippen molar-refractivity contribution in [2.75, 3.05) is 26.2 Å². The number of halogens is 1. The predicted octanol–water partition coefficient (Wildman–Crippen LogP) is 3.24. The first-order chi connectivity index (χ1) is 12.0. The van der Waals surface area contributed by atoms with E-state index in [1.165, 1.54) is 5.56 Å². The van der Waals surface area contributed by atoms with Crippen LogP contribution in [-0.2, 0) is 4.79 Å². The predicted molar refractivity (Wildman–Crippen MR) is 98.8 cm³/mol. The van der Waals surface area contributed by atoms with Crippen molar-refractivity contribution in [2.45, 2.75) is 44.6 Å². The quantitative estimate of drug-likeness (QED) is 0.877. The van der Waals surface area contributed by atoms with Crippen LogP contribution in [0.4, 0.5) is 4.79 Å². The first kappa shape index (κ1) is 18.1. The monoisotopic (exact) mass is 363 g/mol. The van der Waals surface area contributed by atoms with Crippen molar-refractivity contribution in [3.8, 4) is 0 Å². The molecule has 1 atom stereocenters. The highest BCUT2D eigenvalue weighted by Gasteiger charge is 2.27. The topological polar surface area (TPSA) is 52.7 Å². The molecular weight excluding hydrogens is 338 g/mol. The normalized spacial score (nSPS) is 21.9. The number of hydrogen-bond acceptors (Lipinski definition) is 2. The molecule has 2 aliphatic rings. The highest BCUT2D eigenvalue weighted by molar-refractivity contribution is 6.30. The third kappa shape index (κ3) is 4.66. The summed E-state index contributed by atoms with van der Waals surface area (Å²) in [4.78, 5) is 27.8. The molecule has 2 fully saturated rings. The van der Waals surface area contributed by atoms with E-state index in [-0.39, 0.29) is 18.0 Å². The zero-order chi connectivity index (χ0) is 17.8. The molecule has 2 aliphatic heterocycles. The number of hydrogen-bond donors (Lipinski definition) is 1. The van der Waals surface area contributed by atoms with Crippen molar-refractivity contribution in [3.05, 3.63) is 34.9 Å². The number of rotatable bonds is 2. The second-order valence-corrected chi connectivity index (χ2v) is 7.50. The third-order valence-electron chi connectivity index (χ3n) is 5.32. The molecule has 6 heteroatoms. The lowest BCUT2D eigenvalue weighted by atomic mass is 9.91. The first-order valence-corrected chi connectivity index (χ1v) is 9.47. The van der Waals surface area contributed by atoms with Gasteiger partial charge >= 0.3 is 6.03 Å². The van der Waals surface area contributed by atoms with Gasteiger partial charge in [0.1, 0.15) is 0 Å². The van der Waals surface area contributed by atoms with Crippen LogP contribution in [0.1, 0.15) is 44.1 Å². The summed E-state index contributed by atoms with van der Waals surface area (Å²) >= 11 is 5.97. The highest BCUT2D eigenvalue weighted by atomic mass is 35.5. The minimum Gasteiger partial charge on any atom is -0.343 e. The molecule has 5 nitrogen and oxygen atoms in total. The van der Waals surface area contributed by atoms with Gasteiger partial charge in [-0.25, -0.2) is 4.79 Å². The smallest absolute Gasteiger partial charge is 0.317 e. The maximum absolute atomic E-state index is 12.6. The van der Waals surface area contributed by atoms with E-state index in [2.05, 4.69) is 17.4 Å². The average Bonchev–Trinajstić information content (AvgIpc) is 2.63. The molecule has 136 valence electrons. The number of carbonyl (C=O) groups is 2. The Hall–Kier alpha value is -1.75. The first-order valence-electron chi connectivity index (χ1n) is 9.09. The lowest BCUT2D eigenvalue weighted by Crippen LogP contribution is -2.51. The number of nitrogens with one attached hydrogen (secondary N) is 1. The van der Waals surface area contributed by atoms with E-state index < -0.39 is 0 Å². The van der Waals surface area contributed by atoms with Gasteiger partial charge in [0.25, 0.3) is 0 Å². The second-order valence-electron chi connectivity index (χ2n) is 7.07. The Kier molecular flexibility index (Phi) is 5.84. The molecule has 0 aromatic heterocycles. The molecule has 1 aromatic rings. The number of nitrogens with zero attached hydrogens (tertiary/aromatic N) is 2. The number of urea groups is 1. The minimum absolute atomic E-state index is 0.0277. The van der Waals surface area contributed by atoms with Crippen LogP contribution in [0.5, 0.6) is 0 Å². The lowest BCUT2D eigenvalue weighted by Gasteiger charge is -2.36. The summed E-state index contributed by atoms with van der Waals surface area (Å²) in [6.07, 6.45) is 3.78. The van der Waals surface area contributed by atoms with Crippen LogP contribution < -0.4 is 5.32 Å². The van der Waals surface area contributed by atoms with Crippen LogP contribution in [0.3, 0.4) is 0 Å². The van der Waals surface area contributed by atoms with E-state index in [1.54, 1.807) is 6.92 Å². The molecule has 3 amide bonds. The zero-order valence-electron chi connectivity index (χ0n) is 14.7. The van der Waals surface area contributed by atoms with Gasteiger partial charge in [-0.2, -0.15) is 0 Å². The molecule has 0 saturated carbocycles. The van der Waals surface area contributed by atoms with Gasteiger partial charge in [-0.05, 0) is 43.4 Å². The van der Waals surface area contributed by atoms with Crippen LogP contribution in [0, 0.1) is 0 Å². The fourth-order valence-electron chi connectivity index (χ4n) is 3.77. The van der Waals surface area contributed by atoms with Crippen LogP contribution in [0.2, 0.25) is 5.02 Å². The maximum atomic E-state index is 12.6. The SMILES string of the molecule is CC(=O)N1CCC(NC(=O)N2CCC[C@@H](c3ccc(Cl)cc3)C2)CC1. The summed E-state index contributed by atoms with van der Waals surface area (Å²) < 4.78 is 0. The van der Waals surface area contributed by atoms with Crippen LogP contribution in [0.15, 0.2) is 24.3 Å². The second kappa shape index (κ2) is 8.09. The van der Waals surface area contributed by atoms with Gasteiger partial charge in [-0.15, -0.1) is 0 Å². The largest absolute Gasteiger partial charge is 0.343 e. The van der Waals surface area contributed by atoms with Crippen molar-refractivity contribution in [1.82, 2.24) is 15.1 Å². The fourth-order valence-corrected chi connectivity index (χ4v) is 3.90. The van der Waals surface area contributed by atoms with Gasteiger partial charge in [0.05, 0.1) is 0 Å². The van der Waals surface area contributed by atoms with E-state index in [0.29, 0.717) is 5.92 Å². The minimum atomic E-state index is 0.0277. The van der Waals surface area contributed by atoms with Crippen molar-refractivity contribution in [2.24, 2.45) is 0 Å². The summed E-state index contributed by atoms with van der Waals surface area (Å²) in [6, 6.07) is 8.15. The summed E-state index contributed by atoms with van der Waals surface area (Å²) in [6.45, 7) is 4.62. The molecule has 1 N–H and O–H groups in total. The Labute approximate surface area is 154 Å². The van der Waals surface area contributed by atoms with Crippen molar-refractivity contribution in [3.63, 3.8) is 0 Å². The molecule has 1 aromatic carbocycles. The number of piperidine rings is 2. The van der Waals surface area contributed by atoms with E-state index >= 15 is 0 Å². The Bertz CT molecular complexity index is 612. The molecule has 0 aliphatic carbocycles. The van der Waals surface area contributed by atoms with E-state index in [4.69, 9.17) is 11.6 Å². The van der Waals surface area contributed by atoms with Crippen molar-refractivity contribution in [1.29, 1.82) is 0 Å². The highest BCUT2D eigenvalue weighted by Crippen LogP contribution is 2.28. The van der Waals surface area contributed by atoms with Gasteiger partial charge in [0.15, 0.2) is 0 Å². The van der Waals surface area contributed by atoms with Gasteiger partial charge in [0.2, 0.25) is 5.91 Å². The molecule has 0 radical (unpaired) electrons. The Morgan fingerprint density at radius 2 is 1.72 bits per heavy atom. The Balaban J connectivity index is 1.52. The molecule has 0 spiro atoms. The number of carbonyl (C=O) groups excluding carboxylic acids is 2. The van der Waals surface area contributed by atoms with Gasteiger partial charge in [-0.1, -0.05) is 23.7 Å². The van der Waals surface area contributed by atoms with Gasteiger partial charge < -0.3 is 15.1 Å². The molecule has 3 rings (SSSR count). The van der Waals surface area contributed by atoms with E-state index in [1.807, 2.05) is 21.9 Å². The number of benzene rings is 1. The molecule has 0 bridgehead atoms. The van der Waals surface area contributed by atoms with Gasteiger partial charge in [0, 0.05) is 50.1 Å². The standard InChI is InChI=1S/C19H26ClN3O2/c1-14(24)22-11-8-18(9-12-22)21-19(25)23-10-2-3-16(13-23)15-4-6-17(20)7-5-15/h4-7,16,18H,2-3,8-13H2,1H3,(H,21,25)/t16-/m1/s1. The molecule has 2 saturated heterocycles.